The number of piperidine rings is 1. The lowest BCUT2D eigenvalue weighted by Gasteiger charge is -2.17. The van der Waals surface area contributed by atoms with Gasteiger partial charge in [0.1, 0.15) is 6.79 Å². The maximum atomic E-state index is 8.00. The quantitative estimate of drug-likeness (QED) is 0.524. The molecule has 0 bridgehead atoms. The Balaban J connectivity index is 0.000000291. The monoisotopic (exact) mass is 129 g/mol. The molecule has 1 saturated heterocycles. The summed E-state index contributed by atoms with van der Waals surface area (Å²) in [6.45, 7) is 6.79. The Morgan fingerprint density at radius 3 is 2.00 bits per heavy atom. The number of hydrogen-bond acceptors (Lipinski definition) is 2. The number of carbonyl (C=O) groups excluding carboxylic acids is 1. The summed E-state index contributed by atoms with van der Waals surface area (Å²) in [5, 5.41) is 3.32. The van der Waals surface area contributed by atoms with Crippen molar-refractivity contribution in [2.24, 2.45) is 5.92 Å². The predicted octanol–water partition coefficient (Wildman–Crippen LogP) is 0.821. The molecule has 0 aromatic carbocycles. The average molecular weight is 129 g/mol. The molecular formula is C7H15NO. The summed E-state index contributed by atoms with van der Waals surface area (Å²) in [6.07, 6.45) is 2.75. The number of hydrogen-bond donors (Lipinski definition) is 1. The Labute approximate surface area is 56.6 Å². The van der Waals surface area contributed by atoms with Crippen LogP contribution in [-0.4, -0.2) is 19.9 Å². The predicted molar refractivity (Wildman–Crippen MR) is 38.4 cm³/mol. The molecule has 0 aliphatic carbocycles. The van der Waals surface area contributed by atoms with Crippen LogP contribution in [0.1, 0.15) is 19.8 Å². The van der Waals surface area contributed by atoms with E-state index in [9.17, 15) is 0 Å². The van der Waals surface area contributed by atoms with Crippen LogP contribution in [0, 0.1) is 5.92 Å². The maximum absolute atomic E-state index is 8.00. The molecule has 0 aromatic rings. The van der Waals surface area contributed by atoms with E-state index in [2.05, 4.69) is 12.2 Å². The van der Waals surface area contributed by atoms with Crippen LogP contribution in [-0.2, 0) is 4.79 Å². The van der Waals surface area contributed by atoms with Gasteiger partial charge < -0.3 is 10.1 Å². The standard InChI is InChI=1S/C6H13N.CH2O/c1-6-2-4-7-5-3-6;1-2/h6-7H,2-5H2,1H3;1H2. The van der Waals surface area contributed by atoms with E-state index in [4.69, 9.17) is 4.79 Å². The largest absolute Gasteiger partial charge is 0.317 e. The van der Waals surface area contributed by atoms with Crippen LogP contribution in [0.15, 0.2) is 0 Å². The lowest BCUT2D eigenvalue weighted by molar-refractivity contribution is -0.0979. The number of carbonyl (C=O) groups is 1. The highest BCUT2D eigenvalue weighted by molar-refractivity contribution is 5.10. The maximum Gasteiger partial charge on any atom is 0.106 e. The van der Waals surface area contributed by atoms with Gasteiger partial charge in [0.15, 0.2) is 0 Å². The van der Waals surface area contributed by atoms with Crippen molar-refractivity contribution < 1.29 is 4.79 Å². The molecular weight excluding hydrogens is 114 g/mol. The number of rotatable bonds is 0. The number of nitrogens with one attached hydrogen (secondary N) is 1. The molecule has 0 radical (unpaired) electrons. The van der Waals surface area contributed by atoms with Gasteiger partial charge >= 0.3 is 0 Å². The minimum Gasteiger partial charge on any atom is -0.317 e. The fourth-order valence-corrected chi connectivity index (χ4v) is 0.966. The van der Waals surface area contributed by atoms with Gasteiger partial charge in [-0.3, -0.25) is 0 Å². The summed E-state index contributed by atoms with van der Waals surface area (Å²) in [7, 11) is 0. The second-order valence-electron chi connectivity index (χ2n) is 2.43. The summed E-state index contributed by atoms with van der Waals surface area (Å²) in [4.78, 5) is 8.00. The Kier molecular flexibility index (Phi) is 5.52. The minimum atomic E-state index is 0.973. The third-order valence-corrected chi connectivity index (χ3v) is 1.63. The summed E-state index contributed by atoms with van der Waals surface area (Å²) in [6, 6.07) is 0. The van der Waals surface area contributed by atoms with Gasteiger partial charge in [-0.1, -0.05) is 6.92 Å². The van der Waals surface area contributed by atoms with E-state index in [1.165, 1.54) is 25.9 Å². The summed E-state index contributed by atoms with van der Waals surface area (Å²) in [5.74, 6) is 0.973. The zero-order valence-electron chi connectivity index (χ0n) is 6.02. The highest BCUT2D eigenvalue weighted by Gasteiger charge is 2.04. The van der Waals surface area contributed by atoms with E-state index in [-0.39, 0.29) is 0 Å². The molecule has 2 heteroatoms. The van der Waals surface area contributed by atoms with Gasteiger partial charge in [-0.2, -0.15) is 0 Å². The zero-order chi connectivity index (χ0) is 7.11. The van der Waals surface area contributed by atoms with Crippen molar-refractivity contribution in [2.75, 3.05) is 13.1 Å². The van der Waals surface area contributed by atoms with E-state index in [0.717, 1.165) is 5.92 Å². The van der Waals surface area contributed by atoms with Gasteiger partial charge in [0.25, 0.3) is 0 Å². The van der Waals surface area contributed by atoms with Crippen LogP contribution in [0.4, 0.5) is 0 Å². The molecule has 0 aromatic heterocycles. The fourth-order valence-electron chi connectivity index (χ4n) is 0.966. The molecule has 0 spiro atoms. The second kappa shape index (κ2) is 5.76. The van der Waals surface area contributed by atoms with Crippen molar-refractivity contribution in [3.05, 3.63) is 0 Å². The van der Waals surface area contributed by atoms with Gasteiger partial charge in [-0.05, 0) is 31.8 Å². The summed E-state index contributed by atoms with van der Waals surface area (Å²) < 4.78 is 0. The van der Waals surface area contributed by atoms with Crippen LogP contribution in [0.2, 0.25) is 0 Å². The molecule has 1 N–H and O–H groups in total. The van der Waals surface area contributed by atoms with E-state index < -0.39 is 0 Å². The van der Waals surface area contributed by atoms with Crippen molar-refractivity contribution in [3.63, 3.8) is 0 Å². The SMILES string of the molecule is C=O.CC1CCNCC1. The van der Waals surface area contributed by atoms with Crippen LogP contribution in [0.5, 0.6) is 0 Å². The fraction of sp³-hybridized carbons (Fsp3) is 0.857. The molecule has 9 heavy (non-hydrogen) atoms. The zero-order valence-corrected chi connectivity index (χ0v) is 6.02. The first-order valence-corrected chi connectivity index (χ1v) is 3.39. The average Bonchev–Trinajstić information content (AvgIpc) is 1.94. The first-order valence-electron chi connectivity index (χ1n) is 3.39. The molecule has 1 heterocycles. The van der Waals surface area contributed by atoms with Crippen molar-refractivity contribution in [1.82, 2.24) is 5.32 Å². The molecule has 1 aliphatic rings. The van der Waals surface area contributed by atoms with Crippen LogP contribution in [0.25, 0.3) is 0 Å². The van der Waals surface area contributed by atoms with E-state index in [0.29, 0.717) is 0 Å². The molecule has 0 amide bonds. The first-order chi connectivity index (χ1) is 4.39. The van der Waals surface area contributed by atoms with E-state index >= 15 is 0 Å². The third kappa shape index (κ3) is 4.15. The molecule has 1 fully saturated rings. The Hall–Kier alpha value is -0.370. The molecule has 1 rings (SSSR count). The Morgan fingerprint density at radius 2 is 1.78 bits per heavy atom. The van der Waals surface area contributed by atoms with Crippen LogP contribution < -0.4 is 5.32 Å². The van der Waals surface area contributed by atoms with Gasteiger partial charge in [0.2, 0.25) is 0 Å². The van der Waals surface area contributed by atoms with Crippen molar-refractivity contribution >= 4 is 6.79 Å². The minimum absolute atomic E-state index is 0.973. The van der Waals surface area contributed by atoms with Crippen molar-refractivity contribution in [1.29, 1.82) is 0 Å². The normalized spacial score (nSPS) is 20.1. The topological polar surface area (TPSA) is 29.1 Å². The molecule has 1 aliphatic heterocycles. The second-order valence-corrected chi connectivity index (χ2v) is 2.43. The summed E-state index contributed by atoms with van der Waals surface area (Å²) >= 11 is 0. The highest BCUT2D eigenvalue weighted by Crippen LogP contribution is 2.08. The van der Waals surface area contributed by atoms with Crippen molar-refractivity contribution in [2.45, 2.75) is 19.8 Å². The van der Waals surface area contributed by atoms with E-state index in [1.807, 2.05) is 6.79 Å². The van der Waals surface area contributed by atoms with Gasteiger partial charge in [-0.25, -0.2) is 0 Å². The smallest absolute Gasteiger partial charge is 0.106 e. The Morgan fingerprint density at radius 1 is 1.33 bits per heavy atom. The molecule has 0 atom stereocenters. The van der Waals surface area contributed by atoms with Crippen molar-refractivity contribution in [3.8, 4) is 0 Å². The molecule has 0 unspecified atom stereocenters. The third-order valence-electron chi connectivity index (χ3n) is 1.63. The first kappa shape index (κ1) is 8.63. The van der Waals surface area contributed by atoms with E-state index in [1.54, 1.807) is 0 Å². The molecule has 0 saturated carbocycles. The van der Waals surface area contributed by atoms with Crippen LogP contribution >= 0.6 is 0 Å². The molecule has 2 nitrogen and oxygen atoms in total. The lowest BCUT2D eigenvalue weighted by atomic mass is 10.0. The van der Waals surface area contributed by atoms with Crippen LogP contribution in [0.3, 0.4) is 0 Å². The Bertz CT molecular complexity index is 59.9. The summed E-state index contributed by atoms with van der Waals surface area (Å²) in [5.41, 5.74) is 0. The lowest BCUT2D eigenvalue weighted by Crippen LogP contribution is -2.26. The molecule has 54 valence electrons. The van der Waals surface area contributed by atoms with Gasteiger partial charge in [0.05, 0.1) is 0 Å². The highest BCUT2D eigenvalue weighted by atomic mass is 16.1. The van der Waals surface area contributed by atoms with Gasteiger partial charge in [-0.15, -0.1) is 0 Å². The van der Waals surface area contributed by atoms with Gasteiger partial charge in [0, 0.05) is 0 Å².